The molecule has 0 saturated carbocycles. The Kier molecular flexibility index (Phi) is 19.3. The number of carbonyl (C=O) groups excluding carboxylic acids is 3. The van der Waals surface area contributed by atoms with Gasteiger partial charge in [0.15, 0.2) is 0 Å². The summed E-state index contributed by atoms with van der Waals surface area (Å²) in [7, 11) is 0. The van der Waals surface area contributed by atoms with Crippen LogP contribution in [0.1, 0.15) is 110 Å². The zero-order valence-electron chi connectivity index (χ0n) is 18.2. The fourth-order valence-electron chi connectivity index (χ4n) is 3.04. The first-order chi connectivity index (χ1) is 13.6. The van der Waals surface area contributed by atoms with E-state index in [-0.39, 0.29) is 37.3 Å². The molecule has 0 amide bonds. The topological polar surface area (TPSA) is 69.7 Å². The molecular formula is C23H42O5. The summed E-state index contributed by atoms with van der Waals surface area (Å²) in [5.41, 5.74) is 0. The lowest BCUT2D eigenvalue weighted by atomic mass is 10.0. The number of carbonyl (C=O) groups is 3. The van der Waals surface area contributed by atoms with Crippen molar-refractivity contribution in [3.63, 3.8) is 0 Å². The zero-order chi connectivity index (χ0) is 20.9. The average Bonchev–Trinajstić information content (AvgIpc) is 2.68. The third-order valence-electron chi connectivity index (χ3n) is 4.86. The van der Waals surface area contributed by atoms with Crippen LogP contribution in [0.2, 0.25) is 0 Å². The van der Waals surface area contributed by atoms with E-state index in [4.69, 9.17) is 9.47 Å². The molecule has 0 aliphatic rings. The second-order valence-electron chi connectivity index (χ2n) is 7.66. The Balaban J connectivity index is 3.83. The maximum absolute atomic E-state index is 11.9. The number of esters is 2. The highest BCUT2D eigenvalue weighted by atomic mass is 16.5. The number of hydrogen-bond acceptors (Lipinski definition) is 5. The molecule has 0 fully saturated rings. The van der Waals surface area contributed by atoms with Gasteiger partial charge in [0.2, 0.25) is 0 Å². The van der Waals surface area contributed by atoms with Crippen LogP contribution >= 0.6 is 0 Å². The summed E-state index contributed by atoms with van der Waals surface area (Å²) in [6.07, 6.45) is 15.0. The summed E-state index contributed by atoms with van der Waals surface area (Å²) in [5, 5.41) is 0. The second-order valence-corrected chi connectivity index (χ2v) is 7.66. The van der Waals surface area contributed by atoms with Gasteiger partial charge in [0.25, 0.3) is 0 Å². The second kappa shape index (κ2) is 20.3. The lowest BCUT2D eigenvalue weighted by Gasteiger charge is -2.14. The Morgan fingerprint density at radius 3 is 1.93 bits per heavy atom. The van der Waals surface area contributed by atoms with Gasteiger partial charge in [-0.15, -0.1) is 0 Å². The largest absolute Gasteiger partial charge is 0.466 e. The van der Waals surface area contributed by atoms with Crippen LogP contribution in [0.15, 0.2) is 0 Å². The zero-order valence-corrected chi connectivity index (χ0v) is 18.2. The van der Waals surface area contributed by atoms with Gasteiger partial charge in [0.05, 0.1) is 19.6 Å². The van der Waals surface area contributed by atoms with Gasteiger partial charge in [-0.25, -0.2) is 0 Å². The van der Waals surface area contributed by atoms with Crippen LogP contribution in [-0.4, -0.2) is 31.4 Å². The number of ether oxygens (including phenoxy) is 2. The Morgan fingerprint density at radius 1 is 0.750 bits per heavy atom. The Morgan fingerprint density at radius 2 is 1.32 bits per heavy atom. The van der Waals surface area contributed by atoms with E-state index >= 15 is 0 Å². The maximum Gasteiger partial charge on any atom is 0.306 e. The summed E-state index contributed by atoms with van der Waals surface area (Å²) < 4.78 is 10.5. The van der Waals surface area contributed by atoms with Gasteiger partial charge in [-0.2, -0.15) is 0 Å². The molecule has 0 aliphatic heterocycles. The first-order valence-electron chi connectivity index (χ1n) is 11.4. The third kappa shape index (κ3) is 18.0. The van der Waals surface area contributed by atoms with Gasteiger partial charge in [0, 0.05) is 18.8 Å². The van der Waals surface area contributed by atoms with E-state index in [1.807, 2.05) is 0 Å². The highest BCUT2D eigenvalue weighted by Crippen LogP contribution is 2.12. The monoisotopic (exact) mass is 398 g/mol. The standard InChI is InChI=1S/C23H42O5/c1-3-5-7-9-11-13-15-22(25)28-20-21(16-17-24)19-23(26)27-18-14-12-10-8-6-4-2/h17,21H,3-16,18-20H2,1-2H3. The summed E-state index contributed by atoms with van der Waals surface area (Å²) in [4.78, 5) is 34.6. The molecule has 1 atom stereocenters. The highest BCUT2D eigenvalue weighted by Gasteiger charge is 2.17. The van der Waals surface area contributed by atoms with E-state index in [1.54, 1.807) is 0 Å². The van der Waals surface area contributed by atoms with Crippen LogP contribution in [0.25, 0.3) is 0 Å². The van der Waals surface area contributed by atoms with Crippen LogP contribution in [0.3, 0.4) is 0 Å². The molecule has 0 rings (SSSR count). The normalized spacial score (nSPS) is 11.8. The molecule has 5 nitrogen and oxygen atoms in total. The Hall–Kier alpha value is -1.39. The summed E-state index contributed by atoms with van der Waals surface area (Å²) >= 11 is 0. The predicted molar refractivity (Wildman–Crippen MR) is 112 cm³/mol. The van der Waals surface area contributed by atoms with Crippen molar-refractivity contribution in [2.24, 2.45) is 5.92 Å². The highest BCUT2D eigenvalue weighted by molar-refractivity contribution is 5.71. The minimum Gasteiger partial charge on any atom is -0.466 e. The Bertz CT molecular complexity index is 394. The first kappa shape index (κ1) is 26.6. The number of hydrogen-bond donors (Lipinski definition) is 0. The number of aldehydes is 1. The van der Waals surface area contributed by atoms with Gasteiger partial charge in [-0.3, -0.25) is 9.59 Å². The summed E-state index contributed by atoms with van der Waals surface area (Å²) in [6, 6.07) is 0. The maximum atomic E-state index is 11.9. The van der Waals surface area contributed by atoms with Crippen LogP contribution in [-0.2, 0) is 23.9 Å². The smallest absolute Gasteiger partial charge is 0.306 e. The molecule has 0 saturated heterocycles. The first-order valence-corrected chi connectivity index (χ1v) is 11.4. The molecule has 0 bridgehead atoms. The third-order valence-corrected chi connectivity index (χ3v) is 4.86. The van der Waals surface area contributed by atoms with E-state index < -0.39 is 0 Å². The quantitative estimate of drug-likeness (QED) is 0.148. The molecule has 0 spiro atoms. The summed E-state index contributed by atoms with van der Waals surface area (Å²) in [6.45, 7) is 4.90. The van der Waals surface area contributed by atoms with Crippen molar-refractivity contribution in [1.29, 1.82) is 0 Å². The lowest BCUT2D eigenvalue weighted by Crippen LogP contribution is -2.19. The van der Waals surface area contributed by atoms with Gasteiger partial charge < -0.3 is 14.3 Å². The molecule has 0 aromatic heterocycles. The van der Waals surface area contributed by atoms with Crippen molar-refractivity contribution in [2.45, 2.75) is 110 Å². The van der Waals surface area contributed by atoms with E-state index in [9.17, 15) is 14.4 Å². The van der Waals surface area contributed by atoms with Crippen molar-refractivity contribution < 1.29 is 23.9 Å². The average molecular weight is 399 g/mol. The number of unbranched alkanes of at least 4 members (excludes halogenated alkanes) is 10. The molecule has 28 heavy (non-hydrogen) atoms. The fraction of sp³-hybridized carbons (Fsp3) is 0.870. The van der Waals surface area contributed by atoms with Crippen LogP contribution in [0.5, 0.6) is 0 Å². The van der Waals surface area contributed by atoms with Gasteiger partial charge in [-0.05, 0) is 12.8 Å². The Labute approximate surface area is 171 Å². The van der Waals surface area contributed by atoms with Crippen molar-refractivity contribution in [3.05, 3.63) is 0 Å². The molecule has 0 aliphatic carbocycles. The SMILES string of the molecule is CCCCCCCCOC(=O)CC(CC=O)COC(=O)CCCCCCCC. The summed E-state index contributed by atoms with van der Waals surface area (Å²) in [5.74, 6) is -0.845. The molecule has 1 unspecified atom stereocenters. The number of rotatable bonds is 20. The van der Waals surface area contributed by atoms with E-state index in [0.29, 0.717) is 13.0 Å². The molecule has 0 aromatic rings. The predicted octanol–water partition coefficient (Wildman–Crippen LogP) is 5.78. The van der Waals surface area contributed by atoms with E-state index in [2.05, 4.69) is 13.8 Å². The minimum absolute atomic E-state index is 0.111. The molecule has 164 valence electrons. The van der Waals surface area contributed by atoms with Crippen molar-refractivity contribution in [1.82, 2.24) is 0 Å². The van der Waals surface area contributed by atoms with Gasteiger partial charge in [-0.1, -0.05) is 78.1 Å². The molecule has 0 aromatic carbocycles. The van der Waals surface area contributed by atoms with Crippen LogP contribution in [0.4, 0.5) is 0 Å². The lowest BCUT2D eigenvalue weighted by molar-refractivity contribution is -0.150. The minimum atomic E-state index is -0.313. The van der Waals surface area contributed by atoms with Crippen molar-refractivity contribution >= 4 is 18.2 Å². The van der Waals surface area contributed by atoms with Crippen molar-refractivity contribution in [2.75, 3.05) is 13.2 Å². The van der Waals surface area contributed by atoms with Crippen LogP contribution in [0, 0.1) is 5.92 Å². The molecule has 5 heteroatoms. The molecular weight excluding hydrogens is 356 g/mol. The molecule has 0 radical (unpaired) electrons. The van der Waals surface area contributed by atoms with E-state index in [1.165, 1.54) is 44.9 Å². The van der Waals surface area contributed by atoms with Gasteiger partial charge in [0.1, 0.15) is 6.29 Å². The van der Waals surface area contributed by atoms with Gasteiger partial charge >= 0.3 is 11.9 Å². The van der Waals surface area contributed by atoms with Crippen LogP contribution < -0.4 is 0 Å². The molecule has 0 N–H and O–H groups in total. The fourth-order valence-corrected chi connectivity index (χ4v) is 3.04. The molecule has 0 heterocycles. The van der Waals surface area contributed by atoms with Crippen molar-refractivity contribution in [3.8, 4) is 0 Å². The van der Waals surface area contributed by atoms with E-state index in [0.717, 1.165) is 38.4 Å².